The maximum absolute atomic E-state index is 10.7. The zero-order valence-corrected chi connectivity index (χ0v) is 32.1. The highest BCUT2D eigenvalue weighted by Crippen LogP contribution is 2.33. The van der Waals surface area contributed by atoms with Crippen LogP contribution in [-0.4, -0.2) is 124 Å². The van der Waals surface area contributed by atoms with Crippen LogP contribution in [0.2, 0.25) is 6.04 Å². The van der Waals surface area contributed by atoms with Gasteiger partial charge < -0.3 is 56.2 Å². The predicted molar refractivity (Wildman–Crippen MR) is 188 cm³/mol. The van der Waals surface area contributed by atoms with Crippen molar-refractivity contribution < 1.29 is 51.3 Å². The van der Waals surface area contributed by atoms with Crippen molar-refractivity contribution >= 4 is 17.6 Å². The Bertz CT molecular complexity index is 1130. The Morgan fingerprint density at radius 3 is 1.85 bits per heavy atom. The molecule has 0 saturated heterocycles. The first-order valence-electron chi connectivity index (χ1n) is 16.7. The highest BCUT2D eigenvalue weighted by Gasteiger charge is 2.48. The average molecular weight is 714 g/mol. The van der Waals surface area contributed by atoms with Crippen molar-refractivity contribution in [3.05, 3.63) is 59.7 Å². The molecule has 0 aromatic heterocycles. The second kappa shape index (κ2) is 21.3. The third kappa shape index (κ3) is 13.4. The third-order valence-corrected chi connectivity index (χ3v) is 12.6. The summed E-state index contributed by atoms with van der Waals surface area (Å²) in [4.78, 5) is 23.1. The van der Waals surface area contributed by atoms with Crippen molar-refractivity contribution in [2.45, 2.75) is 70.4 Å². The minimum Gasteiger partial charge on any atom is -0.491 e. The van der Waals surface area contributed by atoms with E-state index in [4.69, 9.17) is 36.7 Å². The van der Waals surface area contributed by atoms with Crippen LogP contribution in [0.3, 0.4) is 0 Å². The van der Waals surface area contributed by atoms with E-state index in [0.29, 0.717) is 38.2 Å². The second-order valence-corrected chi connectivity index (χ2v) is 17.4. The van der Waals surface area contributed by atoms with Gasteiger partial charge in [-0.15, -0.1) is 0 Å². The largest absolute Gasteiger partial charge is 0.570 e. The Hall–Kier alpha value is -1.93. The molecule has 12 nitrogen and oxygen atoms in total. The molecular weight excluding hydrogens is 655 g/mol. The minimum atomic E-state index is -3.67. The molecule has 14 heteroatoms. The molecule has 0 saturated carbocycles. The SMILES string of the molecule is CCCCN(CCC[Si](O)(OC)OC)CC(O)COCCOc1ccc(C(C)(C)c2ccc(OC(OCC)[Si](O)(OC)OC)cc2)cc1. The number of aliphatic hydroxyl groups is 1. The van der Waals surface area contributed by atoms with Crippen molar-refractivity contribution in [3.63, 3.8) is 0 Å². The van der Waals surface area contributed by atoms with Gasteiger partial charge in [0.25, 0.3) is 5.91 Å². The lowest BCUT2D eigenvalue weighted by Gasteiger charge is -2.29. The van der Waals surface area contributed by atoms with E-state index in [1.165, 1.54) is 28.4 Å². The smallest absolute Gasteiger partial charge is 0.491 e. The summed E-state index contributed by atoms with van der Waals surface area (Å²) in [5, 5.41) is 10.6. The number of unbranched alkanes of at least 4 members (excludes halogenated alkanes) is 1. The van der Waals surface area contributed by atoms with Crippen molar-refractivity contribution in [1.29, 1.82) is 0 Å². The molecule has 0 bridgehead atoms. The molecular formula is C34H59NO11Si2. The maximum atomic E-state index is 10.7. The standard InChI is InChI=1S/C34H59NO11Si2/c1-9-11-21-35(22-12-25-47(37,39-5)40-6)26-30(36)27-43-23-24-45-31-17-13-28(14-18-31)34(3,4)29-15-19-32(20-16-29)46-33(44-10-2)48(38,41-7)42-8/h13-20,30,33,36-38H,9-12,21-27H2,1-8H3. The zero-order chi connectivity index (χ0) is 35.6. The van der Waals surface area contributed by atoms with Gasteiger partial charge in [-0.1, -0.05) is 51.5 Å². The Kier molecular flexibility index (Phi) is 18.8. The van der Waals surface area contributed by atoms with Gasteiger partial charge in [-0.05, 0) is 68.2 Å². The molecule has 2 aromatic rings. The van der Waals surface area contributed by atoms with E-state index in [9.17, 15) is 14.7 Å². The lowest BCUT2D eigenvalue weighted by molar-refractivity contribution is -0.0747. The van der Waals surface area contributed by atoms with Crippen LogP contribution < -0.4 is 9.47 Å². The summed E-state index contributed by atoms with van der Waals surface area (Å²) in [7, 11) is -1.06. The van der Waals surface area contributed by atoms with Crippen molar-refractivity contribution in [2.24, 2.45) is 0 Å². The molecule has 0 fully saturated rings. The topological polar surface area (TPSA) is 138 Å². The Morgan fingerprint density at radius 2 is 1.33 bits per heavy atom. The van der Waals surface area contributed by atoms with E-state index in [2.05, 4.69) is 25.7 Å². The fourth-order valence-electron chi connectivity index (χ4n) is 5.13. The summed E-state index contributed by atoms with van der Waals surface area (Å²) in [6.45, 7) is 11.6. The lowest BCUT2D eigenvalue weighted by Crippen LogP contribution is -2.56. The highest BCUT2D eigenvalue weighted by atomic mass is 28.4. The summed E-state index contributed by atoms with van der Waals surface area (Å²) in [5.74, 6) is 0.226. The molecule has 0 amide bonds. The Labute approximate surface area is 289 Å². The lowest BCUT2D eigenvalue weighted by atomic mass is 9.78. The van der Waals surface area contributed by atoms with Crippen LogP contribution in [0.15, 0.2) is 48.5 Å². The average Bonchev–Trinajstić information content (AvgIpc) is 3.10. The van der Waals surface area contributed by atoms with Crippen molar-refractivity contribution in [3.8, 4) is 11.5 Å². The number of aliphatic hydroxyl groups excluding tert-OH is 1. The fourth-order valence-corrected chi connectivity index (χ4v) is 7.52. The van der Waals surface area contributed by atoms with Crippen LogP contribution in [0.1, 0.15) is 58.1 Å². The van der Waals surface area contributed by atoms with Crippen LogP contribution in [0, 0.1) is 0 Å². The molecule has 0 heterocycles. The van der Waals surface area contributed by atoms with Crippen LogP contribution in [0.5, 0.6) is 11.5 Å². The molecule has 2 unspecified atom stereocenters. The minimum absolute atomic E-state index is 0.214. The van der Waals surface area contributed by atoms with E-state index in [0.717, 1.165) is 49.2 Å². The molecule has 0 aliphatic rings. The molecule has 2 atom stereocenters. The first-order valence-corrected chi connectivity index (χ1v) is 20.5. The summed E-state index contributed by atoms with van der Waals surface area (Å²) >= 11 is 0. The van der Waals surface area contributed by atoms with E-state index >= 15 is 0 Å². The molecule has 3 N–H and O–H groups in total. The predicted octanol–water partition coefficient (Wildman–Crippen LogP) is 3.99. The van der Waals surface area contributed by atoms with E-state index in [1.54, 1.807) is 0 Å². The number of hydrogen-bond acceptors (Lipinski definition) is 12. The zero-order valence-electron chi connectivity index (χ0n) is 30.1. The van der Waals surface area contributed by atoms with E-state index in [-0.39, 0.29) is 12.0 Å². The van der Waals surface area contributed by atoms with E-state index in [1.807, 2.05) is 55.5 Å². The quantitative estimate of drug-likeness (QED) is 0.0739. The van der Waals surface area contributed by atoms with Gasteiger partial charge in [0.2, 0.25) is 0 Å². The maximum Gasteiger partial charge on any atom is 0.570 e. The summed E-state index contributed by atoms with van der Waals surface area (Å²) in [6, 6.07) is 16.1. The number of hydrogen-bond donors (Lipinski definition) is 3. The summed E-state index contributed by atoms with van der Waals surface area (Å²) in [5.41, 5.74) is 1.89. The molecule has 0 aliphatic heterocycles. The molecule has 48 heavy (non-hydrogen) atoms. The van der Waals surface area contributed by atoms with Crippen molar-refractivity contribution in [1.82, 2.24) is 4.90 Å². The number of nitrogens with zero attached hydrogens (tertiary/aromatic N) is 1. The van der Waals surface area contributed by atoms with Gasteiger partial charge >= 0.3 is 17.6 Å². The second-order valence-electron chi connectivity index (χ2n) is 12.1. The fraction of sp³-hybridized carbons (Fsp3) is 0.647. The van der Waals surface area contributed by atoms with Gasteiger partial charge in [0.15, 0.2) is 0 Å². The van der Waals surface area contributed by atoms with Gasteiger partial charge in [0, 0.05) is 53.0 Å². The Balaban J connectivity index is 1.83. The van der Waals surface area contributed by atoms with Gasteiger partial charge in [-0.3, -0.25) is 0 Å². The van der Waals surface area contributed by atoms with Crippen LogP contribution in [0.25, 0.3) is 0 Å². The molecule has 0 radical (unpaired) electrons. The molecule has 2 rings (SSSR count). The third-order valence-electron chi connectivity index (χ3n) is 8.30. The Morgan fingerprint density at radius 1 is 0.771 bits per heavy atom. The number of rotatable bonds is 26. The molecule has 0 aliphatic carbocycles. The van der Waals surface area contributed by atoms with Crippen LogP contribution >= 0.6 is 0 Å². The van der Waals surface area contributed by atoms with Gasteiger partial charge in [-0.25, -0.2) is 0 Å². The number of ether oxygens (including phenoxy) is 4. The molecule has 2 aromatic carbocycles. The van der Waals surface area contributed by atoms with E-state index < -0.39 is 29.6 Å². The molecule has 274 valence electrons. The van der Waals surface area contributed by atoms with Crippen molar-refractivity contribution in [2.75, 3.05) is 74.5 Å². The molecule has 0 spiro atoms. The summed E-state index contributed by atoms with van der Waals surface area (Å²) < 4.78 is 43.8. The normalized spacial score (nSPS) is 13.9. The number of benzene rings is 2. The monoisotopic (exact) mass is 713 g/mol. The van der Waals surface area contributed by atoms with Gasteiger partial charge in [0.05, 0.1) is 19.3 Å². The first-order chi connectivity index (χ1) is 22.9. The highest BCUT2D eigenvalue weighted by molar-refractivity contribution is 6.60. The van der Waals surface area contributed by atoms with Gasteiger partial charge in [-0.2, -0.15) is 0 Å². The summed E-state index contributed by atoms with van der Waals surface area (Å²) in [6.07, 6.45) is 2.18. The van der Waals surface area contributed by atoms with Crippen LogP contribution in [0.4, 0.5) is 0 Å². The van der Waals surface area contributed by atoms with Crippen LogP contribution in [-0.2, 0) is 32.6 Å². The first kappa shape index (κ1) is 42.2. The van der Waals surface area contributed by atoms with Gasteiger partial charge in [0.1, 0.15) is 18.1 Å².